The second-order valence-electron chi connectivity index (χ2n) is 6.70. The van der Waals surface area contributed by atoms with E-state index in [4.69, 9.17) is 9.84 Å². The van der Waals surface area contributed by atoms with Crippen molar-refractivity contribution in [3.05, 3.63) is 71.4 Å². The summed E-state index contributed by atoms with van der Waals surface area (Å²) >= 11 is 0. The molecular weight excluding hydrogens is 386 g/mol. The Labute approximate surface area is 174 Å². The van der Waals surface area contributed by atoms with E-state index in [0.717, 1.165) is 5.69 Å². The van der Waals surface area contributed by atoms with E-state index >= 15 is 0 Å². The molecule has 1 aliphatic heterocycles. The Balaban J connectivity index is 1.85. The molecule has 0 unspecified atom stereocenters. The van der Waals surface area contributed by atoms with Crippen molar-refractivity contribution in [3.63, 3.8) is 0 Å². The predicted octanol–water partition coefficient (Wildman–Crippen LogP) is 1.64. The summed E-state index contributed by atoms with van der Waals surface area (Å²) in [5, 5.41) is 12.1. The number of para-hydroxylation sites is 1. The Hall–Kier alpha value is -3.65. The van der Waals surface area contributed by atoms with Gasteiger partial charge >= 0.3 is 5.97 Å². The first-order valence-corrected chi connectivity index (χ1v) is 9.38. The fraction of sp³-hybridized carbons (Fsp3) is 0.227. The lowest BCUT2D eigenvalue weighted by atomic mass is 10.1. The van der Waals surface area contributed by atoms with Crippen molar-refractivity contribution >= 4 is 29.2 Å². The zero-order chi connectivity index (χ0) is 21.7. The number of rotatable bonds is 7. The standard InChI is InChI=1S/C22H23N3O5/c1-24(17-9-4-3-5-10-17)20(27)15-7-6-8-16(13-15)23-19-18(22(29)30-2)14-25(11-12-26)21(19)28/h3-10,13,23,26H,11-12,14H2,1-2H3. The highest BCUT2D eigenvalue weighted by molar-refractivity contribution is 6.09. The lowest BCUT2D eigenvalue weighted by Crippen LogP contribution is -2.31. The van der Waals surface area contributed by atoms with E-state index in [1.807, 2.05) is 30.3 Å². The van der Waals surface area contributed by atoms with Gasteiger partial charge in [0.05, 0.1) is 25.8 Å². The molecule has 0 atom stereocenters. The van der Waals surface area contributed by atoms with Crippen LogP contribution in [0.3, 0.4) is 0 Å². The van der Waals surface area contributed by atoms with Gasteiger partial charge in [0.15, 0.2) is 0 Å². The van der Waals surface area contributed by atoms with E-state index in [1.165, 1.54) is 16.9 Å². The third kappa shape index (κ3) is 4.33. The molecule has 0 saturated carbocycles. The zero-order valence-electron chi connectivity index (χ0n) is 16.8. The number of amides is 2. The SMILES string of the molecule is COC(=O)C1=C(Nc2cccc(C(=O)N(C)c3ccccc3)c2)C(=O)N(CCO)C1. The number of aliphatic hydroxyl groups is 1. The third-order valence-corrected chi connectivity index (χ3v) is 4.78. The van der Waals surface area contributed by atoms with Gasteiger partial charge in [0.1, 0.15) is 5.70 Å². The molecule has 2 aromatic carbocycles. The summed E-state index contributed by atoms with van der Waals surface area (Å²) in [5.41, 5.74) is 1.91. The van der Waals surface area contributed by atoms with Crippen LogP contribution >= 0.6 is 0 Å². The molecule has 0 spiro atoms. The molecule has 1 aliphatic rings. The Morgan fingerprint density at radius 1 is 1.17 bits per heavy atom. The van der Waals surface area contributed by atoms with Gasteiger partial charge in [0.25, 0.3) is 11.8 Å². The molecule has 2 aromatic rings. The van der Waals surface area contributed by atoms with Gasteiger partial charge in [-0.15, -0.1) is 0 Å². The summed E-state index contributed by atoms with van der Waals surface area (Å²) < 4.78 is 4.78. The zero-order valence-corrected chi connectivity index (χ0v) is 16.8. The molecule has 0 fully saturated rings. The summed E-state index contributed by atoms with van der Waals surface area (Å²) in [6.07, 6.45) is 0. The molecule has 156 valence electrons. The minimum absolute atomic E-state index is 0.0454. The van der Waals surface area contributed by atoms with Crippen molar-refractivity contribution in [2.75, 3.05) is 44.1 Å². The summed E-state index contributed by atoms with van der Waals surface area (Å²) in [6.45, 7) is -0.0715. The first kappa shape index (κ1) is 21.1. The number of anilines is 2. The van der Waals surface area contributed by atoms with Crippen LogP contribution in [0.25, 0.3) is 0 Å². The monoisotopic (exact) mass is 409 g/mol. The number of esters is 1. The number of carbonyl (C=O) groups is 3. The molecule has 3 rings (SSSR count). The van der Waals surface area contributed by atoms with E-state index in [9.17, 15) is 14.4 Å². The topological polar surface area (TPSA) is 99.2 Å². The van der Waals surface area contributed by atoms with Crippen LogP contribution in [0.1, 0.15) is 10.4 Å². The fourth-order valence-corrected chi connectivity index (χ4v) is 3.19. The number of β-amino-alcohol motifs (C(OH)–C–C–N with tert-alkyl or cyclic N) is 1. The molecule has 30 heavy (non-hydrogen) atoms. The Kier molecular flexibility index (Phi) is 6.48. The lowest BCUT2D eigenvalue weighted by Gasteiger charge is -2.18. The molecule has 1 heterocycles. The Bertz CT molecular complexity index is 987. The average molecular weight is 409 g/mol. The van der Waals surface area contributed by atoms with Crippen LogP contribution in [0, 0.1) is 0 Å². The molecule has 8 heteroatoms. The maximum atomic E-state index is 12.9. The van der Waals surface area contributed by atoms with Gasteiger partial charge in [0, 0.05) is 30.5 Å². The summed E-state index contributed by atoms with van der Waals surface area (Å²) in [6, 6.07) is 15.9. The smallest absolute Gasteiger partial charge is 0.337 e. The van der Waals surface area contributed by atoms with Crippen molar-refractivity contribution in [2.24, 2.45) is 0 Å². The highest BCUT2D eigenvalue weighted by atomic mass is 16.5. The van der Waals surface area contributed by atoms with Gasteiger partial charge in [-0.3, -0.25) is 9.59 Å². The molecular formula is C22H23N3O5. The molecule has 0 aromatic heterocycles. The van der Waals surface area contributed by atoms with Crippen molar-refractivity contribution in [2.45, 2.75) is 0 Å². The van der Waals surface area contributed by atoms with Gasteiger partial charge in [-0.25, -0.2) is 4.79 Å². The molecule has 0 radical (unpaired) electrons. The van der Waals surface area contributed by atoms with Crippen molar-refractivity contribution in [3.8, 4) is 0 Å². The molecule has 0 saturated heterocycles. The van der Waals surface area contributed by atoms with Crippen LogP contribution in [-0.4, -0.2) is 61.6 Å². The molecule has 2 N–H and O–H groups in total. The maximum absolute atomic E-state index is 12.9. The van der Waals surface area contributed by atoms with E-state index in [1.54, 1.807) is 31.3 Å². The van der Waals surface area contributed by atoms with Gasteiger partial charge in [-0.05, 0) is 30.3 Å². The maximum Gasteiger partial charge on any atom is 0.337 e. The van der Waals surface area contributed by atoms with Gasteiger partial charge < -0.3 is 25.0 Å². The second kappa shape index (κ2) is 9.23. The van der Waals surface area contributed by atoms with Crippen LogP contribution in [0.5, 0.6) is 0 Å². The number of methoxy groups -OCH3 is 1. The second-order valence-corrected chi connectivity index (χ2v) is 6.70. The Morgan fingerprint density at radius 2 is 1.90 bits per heavy atom. The van der Waals surface area contributed by atoms with E-state index in [-0.39, 0.29) is 36.9 Å². The molecule has 0 aliphatic carbocycles. The quantitative estimate of drug-likeness (QED) is 0.675. The number of nitrogens with one attached hydrogen (secondary N) is 1. The number of ether oxygens (including phenoxy) is 1. The van der Waals surface area contributed by atoms with Crippen LogP contribution < -0.4 is 10.2 Å². The predicted molar refractivity (Wildman–Crippen MR) is 112 cm³/mol. The summed E-state index contributed by atoms with van der Waals surface area (Å²) in [7, 11) is 2.92. The first-order chi connectivity index (χ1) is 14.5. The highest BCUT2D eigenvalue weighted by Gasteiger charge is 2.34. The van der Waals surface area contributed by atoms with Gasteiger partial charge in [-0.1, -0.05) is 24.3 Å². The molecule has 2 amide bonds. The van der Waals surface area contributed by atoms with Crippen molar-refractivity contribution in [1.82, 2.24) is 4.90 Å². The third-order valence-electron chi connectivity index (χ3n) is 4.78. The normalized spacial score (nSPS) is 13.4. The number of hydrogen-bond donors (Lipinski definition) is 2. The highest BCUT2D eigenvalue weighted by Crippen LogP contribution is 2.24. The summed E-state index contributed by atoms with van der Waals surface area (Å²) in [4.78, 5) is 40.5. The minimum Gasteiger partial charge on any atom is -0.466 e. The van der Waals surface area contributed by atoms with E-state index < -0.39 is 11.9 Å². The van der Waals surface area contributed by atoms with E-state index in [2.05, 4.69) is 5.32 Å². The number of carbonyl (C=O) groups excluding carboxylic acids is 3. The van der Waals surface area contributed by atoms with Gasteiger partial charge in [-0.2, -0.15) is 0 Å². The largest absolute Gasteiger partial charge is 0.466 e. The lowest BCUT2D eigenvalue weighted by molar-refractivity contribution is -0.136. The van der Waals surface area contributed by atoms with E-state index in [0.29, 0.717) is 11.3 Å². The van der Waals surface area contributed by atoms with Gasteiger partial charge in [0.2, 0.25) is 0 Å². The minimum atomic E-state index is -0.623. The Morgan fingerprint density at radius 3 is 2.57 bits per heavy atom. The van der Waals surface area contributed by atoms with Crippen molar-refractivity contribution in [1.29, 1.82) is 0 Å². The van der Waals surface area contributed by atoms with Crippen LogP contribution in [0.15, 0.2) is 65.9 Å². The molecule has 0 bridgehead atoms. The fourth-order valence-electron chi connectivity index (χ4n) is 3.19. The number of benzene rings is 2. The van der Waals surface area contributed by atoms with Crippen LogP contribution in [-0.2, 0) is 14.3 Å². The van der Waals surface area contributed by atoms with Crippen LogP contribution in [0.2, 0.25) is 0 Å². The average Bonchev–Trinajstić information content (AvgIpc) is 3.08. The number of aliphatic hydroxyl groups excluding tert-OH is 1. The van der Waals surface area contributed by atoms with Crippen molar-refractivity contribution < 1.29 is 24.2 Å². The summed E-state index contributed by atoms with van der Waals surface area (Å²) in [5.74, 6) is -1.25. The van der Waals surface area contributed by atoms with Crippen LogP contribution in [0.4, 0.5) is 11.4 Å². The molecule has 8 nitrogen and oxygen atoms in total. The number of hydrogen-bond acceptors (Lipinski definition) is 6. The first-order valence-electron chi connectivity index (χ1n) is 9.38. The number of nitrogens with zero attached hydrogens (tertiary/aromatic N) is 2.